The zero-order valence-electron chi connectivity index (χ0n) is 8.09. The molecule has 1 atom stereocenters. The van der Waals surface area contributed by atoms with Crippen molar-refractivity contribution in [3.05, 3.63) is 29.9 Å². The van der Waals surface area contributed by atoms with Crippen molar-refractivity contribution >= 4 is 0 Å². The maximum atomic E-state index is 4.25. The van der Waals surface area contributed by atoms with E-state index in [9.17, 15) is 0 Å². The quantitative estimate of drug-likeness (QED) is 0.705. The van der Waals surface area contributed by atoms with Crippen molar-refractivity contribution in [1.29, 1.82) is 0 Å². The summed E-state index contributed by atoms with van der Waals surface area (Å²) < 4.78 is 0. The van der Waals surface area contributed by atoms with Gasteiger partial charge in [0.2, 0.25) is 0 Å². The number of H-pyrrole nitrogens is 1. The van der Waals surface area contributed by atoms with Crippen LogP contribution in [0.2, 0.25) is 0 Å². The third kappa shape index (κ3) is 2.00. The van der Waals surface area contributed by atoms with Crippen molar-refractivity contribution in [2.75, 3.05) is 0 Å². The lowest BCUT2D eigenvalue weighted by Gasteiger charge is -2.02. The van der Waals surface area contributed by atoms with Gasteiger partial charge in [-0.15, -0.1) is 0 Å². The summed E-state index contributed by atoms with van der Waals surface area (Å²) in [4.78, 5) is 7.24. The topological polar surface area (TPSA) is 28.7 Å². The van der Waals surface area contributed by atoms with Crippen molar-refractivity contribution < 1.29 is 0 Å². The molecule has 1 N–H and O–H groups in total. The molecule has 0 saturated carbocycles. The minimum atomic E-state index is 0.734. The summed E-state index contributed by atoms with van der Waals surface area (Å²) in [6.07, 6.45) is 11.1. The van der Waals surface area contributed by atoms with Crippen LogP contribution in [0, 0.1) is 5.92 Å². The lowest BCUT2D eigenvalue weighted by atomic mass is 10.0. The van der Waals surface area contributed by atoms with Gasteiger partial charge >= 0.3 is 0 Å². The van der Waals surface area contributed by atoms with Gasteiger partial charge in [-0.1, -0.05) is 18.6 Å². The number of nitrogens with one attached hydrogen (secondary N) is 1. The van der Waals surface area contributed by atoms with E-state index >= 15 is 0 Å². The Hall–Kier alpha value is -1.05. The van der Waals surface area contributed by atoms with Crippen LogP contribution in [0.25, 0.3) is 0 Å². The summed E-state index contributed by atoms with van der Waals surface area (Å²) in [6, 6.07) is 0. The second kappa shape index (κ2) is 3.77. The van der Waals surface area contributed by atoms with Crippen LogP contribution >= 0.6 is 0 Å². The van der Waals surface area contributed by atoms with Crippen LogP contribution < -0.4 is 0 Å². The van der Waals surface area contributed by atoms with Crippen LogP contribution in [0.4, 0.5) is 0 Å². The number of hydrogen-bond donors (Lipinski definition) is 1. The summed E-state index contributed by atoms with van der Waals surface area (Å²) in [5, 5.41) is 0. The van der Waals surface area contributed by atoms with E-state index in [0.717, 1.165) is 12.3 Å². The van der Waals surface area contributed by atoms with Crippen LogP contribution in [0.5, 0.6) is 0 Å². The molecule has 2 heteroatoms. The largest absolute Gasteiger partial charge is 0.351 e. The predicted octanol–water partition coefficient (Wildman–Crippen LogP) is 2.70. The average Bonchev–Trinajstić information content (AvgIpc) is 2.76. The Morgan fingerprint density at radius 1 is 1.62 bits per heavy atom. The standard InChI is InChI=1S/C11H16N2/c1-2-9-3-4-10(5-9)6-11-7-12-8-13-11/h5,7-8,10H,2-4,6H2,1H3,(H,12,13). The van der Waals surface area contributed by atoms with E-state index in [1.165, 1.54) is 25.0 Å². The summed E-state index contributed by atoms with van der Waals surface area (Å²) in [5.41, 5.74) is 2.82. The molecule has 2 nitrogen and oxygen atoms in total. The molecule has 1 aromatic heterocycles. The Kier molecular flexibility index (Phi) is 2.48. The van der Waals surface area contributed by atoms with Gasteiger partial charge in [-0.3, -0.25) is 0 Å². The maximum Gasteiger partial charge on any atom is 0.0923 e. The summed E-state index contributed by atoms with van der Waals surface area (Å²) in [7, 11) is 0. The van der Waals surface area contributed by atoms with Crippen molar-refractivity contribution in [2.24, 2.45) is 5.92 Å². The van der Waals surface area contributed by atoms with E-state index < -0.39 is 0 Å². The molecule has 70 valence electrons. The fourth-order valence-corrected chi connectivity index (χ4v) is 2.00. The van der Waals surface area contributed by atoms with Crippen molar-refractivity contribution in [2.45, 2.75) is 32.6 Å². The third-order valence-corrected chi connectivity index (χ3v) is 2.79. The fraction of sp³-hybridized carbons (Fsp3) is 0.545. The zero-order chi connectivity index (χ0) is 9.10. The second-order valence-corrected chi connectivity index (χ2v) is 3.74. The van der Waals surface area contributed by atoms with Gasteiger partial charge in [0.15, 0.2) is 0 Å². The van der Waals surface area contributed by atoms with E-state index in [1.807, 2.05) is 6.20 Å². The highest BCUT2D eigenvalue weighted by molar-refractivity contribution is 5.13. The lowest BCUT2D eigenvalue weighted by molar-refractivity contribution is 0.619. The Labute approximate surface area is 79.1 Å². The molecule has 1 heterocycles. The fourth-order valence-electron chi connectivity index (χ4n) is 2.00. The molecule has 0 aromatic carbocycles. The molecule has 0 fully saturated rings. The Morgan fingerprint density at radius 3 is 3.15 bits per heavy atom. The van der Waals surface area contributed by atoms with Gasteiger partial charge in [-0.25, -0.2) is 4.98 Å². The minimum absolute atomic E-state index is 0.734. The molecule has 0 radical (unpaired) electrons. The number of aromatic amines is 1. The molecule has 0 saturated heterocycles. The van der Waals surface area contributed by atoms with Gasteiger partial charge in [-0.2, -0.15) is 0 Å². The van der Waals surface area contributed by atoms with Crippen LogP contribution in [0.3, 0.4) is 0 Å². The second-order valence-electron chi connectivity index (χ2n) is 3.74. The van der Waals surface area contributed by atoms with E-state index in [0.29, 0.717) is 0 Å². The first-order valence-electron chi connectivity index (χ1n) is 5.05. The molecule has 1 unspecified atom stereocenters. The normalized spacial score (nSPS) is 21.9. The highest BCUT2D eigenvalue weighted by Gasteiger charge is 2.15. The maximum absolute atomic E-state index is 4.25. The van der Waals surface area contributed by atoms with E-state index in [-0.39, 0.29) is 0 Å². The molecule has 1 aliphatic carbocycles. The van der Waals surface area contributed by atoms with Gasteiger partial charge in [0.05, 0.1) is 12.0 Å². The third-order valence-electron chi connectivity index (χ3n) is 2.79. The van der Waals surface area contributed by atoms with Crippen molar-refractivity contribution in [1.82, 2.24) is 9.97 Å². The monoisotopic (exact) mass is 176 g/mol. The van der Waals surface area contributed by atoms with Crippen molar-refractivity contribution in [3.8, 4) is 0 Å². The highest BCUT2D eigenvalue weighted by atomic mass is 14.9. The van der Waals surface area contributed by atoms with Crippen LogP contribution in [-0.4, -0.2) is 9.97 Å². The summed E-state index contributed by atoms with van der Waals surface area (Å²) in [5.74, 6) is 0.734. The molecule has 2 rings (SSSR count). The number of hydrogen-bond acceptors (Lipinski definition) is 1. The minimum Gasteiger partial charge on any atom is -0.351 e. The van der Waals surface area contributed by atoms with Crippen LogP contribution in [-0.2, 0) is 6.42 Å². The number of aromatic nitrogens is 2. The average molecular weight is 176 g/mol. The first-order valence-corrected chi connectivity index (χ1v) is 5.05. The summed E-state index contributed by atoms with van der Waals surface area (Å²) >= 11 is 0. The molecule has 0 aliphatic heterocycles. The Morgan fingerprint density at radius 2 is 2.54 bits per heavy atom. The summed E-state index contributed by atoms with van der Waals surface area (Å²) in [6.45, 7) is 2.24. The lowest BCUT2D eigenvalue weighted by Crippen LogP contribution is -1.97. The number of allylic oxidation sites excluding steroid dienone is 2. The van der Waals surface area contributed by atoms with E-state index in [2.05, 4.69) is 23.0 Å². The van der Waals surface area contributed by atoms with Gasteiger partial charge in [0.25, 0.3) is 0 Å². The SMILES string of the molecule is CCC1=CC(Cc2c[nH]cn2)CC1. The molecule has 13 heavy (non-hydrogen) atoms. The first-order chi connectivity index (χ1) is 6.38. The number of rotatable bonds is 3. The number of nitrogens with zero attached hydrogens (tertiary/aromatic N) is 1. The zero-order valence-corrected chi connectivity index (χ0v) is 8.09. The molecule has 0 spiro atoms. The van der Waals surface area contributed by atoms with Crippen LogP contribution in [0.15, 0.2) is 24.2 Å². The highest BCUT2D eigenvalue weighted by Crippen LogP contribution is 2.28. The van der Waals surface area contributed by atoms with Gasteiger partial charge in [-0.05, 0) is 31.6 Å². The number of imidazole rings is 1. The Balaban J connectivity index is 1.94. The smallest absolute Gasteiger partial charge is 0.0923 e. The predicted molar refractivity (Wildman–Crippen MR) is 53.4 cm³/mol. The molecular weight excluding hydrogens is 160 g/mol. The van der Waals surface area contributed by atoms with E-state index in [4.69, 9.17) is 0 Å². The molecular formula is C11H16N2. The van der Waals surface area contributed by atoms with Crippen LogP contribution in [0.1, 0.15) is 31.9 Å². The van der Waals surface area contributed by atoms with E-state index in [1.54, 1.807) is 11.9 Å². The molecule has 1 aliphatic rings. The van der Waals surface area contributed by atoms with Gasteiger partial charge in [0, 0.05) is 6.20 Å². The Bertz CT molecular complexity index is 285. The van der Waals surface area contributed by atoms with Gasteiger partial charge in [0.1, 0.15) is 0 Å². The van der Waals surface area contributed by atoms with Gasteiger partial charge < -0.3 is 4.98 Å². The van der Waals surface area contributed by atoms with Crippen molar-refractivity contribution in [3.63, 3.8) is 0 Å². The molecule has 0 bridgehead atoms. The molecule has 0 amide bonds. The first kappa shape index (κ1) is 8.54. The molecule has 1 aromatic rings.